The van der Waals surface area contributed by atoms with E-state index in [1.165, 1.54) is 0 Å². The van der Waals surface area contributed by atoms with Gasteiger partial charge in [0.1, 0.15) is 5.69 Å². The molecule has 1 rings (SSSR count). The van der Waals surface area contributed by atoms with Gasteiger partial charge >= 0.3 is 0 Å². The molecule has 0 saturated heterocycles. The van der Waals surface area contributed by atoms with Gasteiger partial charge in [0.25, 0.3) is 0 Å². The first-order valence-corrected chi connectivity index (χ1v) is 3.91. The van der Waals surface area contributed by atoms with Gasteiger partial charge in [-0.25, -0.2) is 0 Å². The van der Waals surface area contributed by atoms with Crippen LogP contribution < -0.4 is 5.32 Å². The molecule has 1 aromatic rings. The van der Waals surface area contributed by atoms with Crippen LogP contribution in [0, 0.1) is 0 Å². The Balaban J connectivity index is 2.59. The fourth-order valence-corrected chi connectivity index (χ4v) is 1.01. The van der Waals surface area contributed by atoms with Gasteiger partial charge in [0.15, 0.2) is 5.78 Å². The maximum atomic E-state index is 11.4. The van der Waals surface area contributed by atoms with Crippen molar-refractivity contribution in [2.75, 3.05) is 13.6 Å². The summed E-state index contributed by atoms with van der Waals surface area (Å²) in [6, 6.07) is 1.73. The van der Waals surface area contributed by atoms with Crippen LogP contribution >= 0.6 is 0 Å². The predicted octanol–water partition coefficient (Wildman–Crippen LogP) is 0.212. The first kappa shape index (κ1) is 8.93. The lowest BCUT2D eigenvalue weighted by molar-refractivity contribution is 0.0974. The average Bonchev–Trinajstić information content (AvgIpc) is 2.47. The molecule has 0 bridgehead atoms. The van der Waals surface area contributed by atoms with Gasteiger partial charge in [-0.2, -0.15) is 5.10 Å². The Kier molecular flexibility index (Phi) is 2.99. The van der Waals surface area contributed by atoms with E-state index in [9.17, 15) is 4.79 Å². The van der Waals surface area contributed by atoms with E-state index in [1.807, 2.05) is 7.05 Å². The Hall–Kier alpha value is -1.16. The van der Waals surface area contributed by atoms with Crippen LogP contribution in [0.3, 0.4) is 0 Å². The van der Waals surface area contributed by atoms with Gasteiger partial charge in [-0.05, 0) is 13.1 Å². The summed E-state index contributed by atoms with van der Waals surface area (Å²) in [6.45, 7) is 0.712. The number of hydrogen-bond donors (Lipinski definition) is 1. The van der Waals surface area contributed by atoms with Crippen LogP contribution in [0.2, 0.25) is 0 Å². The van der Waals surface area contributed by atoms with Crippen LogP contribution in [0.25, 0.3) is 0 Å². The summed E-state index contributed by atoms with van der Waals surface area (Å²) < 4.78 is 1.60. The van der Waals surface area contributed by atoms with Crippen molar-refractivity contribution in [3.63, 3.8) is 0 Å². The third-order valence-corrected chi connectivity index (χ3v) is 1.71. The molecule has 1 heterocycles. The van der Waals surface area contributed by atoms with Crippen LogP contribution in [-0.2, 0) is 7.05 Å². The van der Waals surface area contributed by atoms with Crippen molar-refractivity contribution >= 4 is 5.78 Å². The van der Waals surface area contributed by atoms with Crippen molar-refractivity contribution in [2.24, 2.45) is 7.05 Å². The van der Waals surface area contributed by atoms with Gasteiger partial charge in [0.05, 0.1) is 0 Å². The SMILES string of the molecule is CNCCC(=O)c1ccnn1C. The van der Waals surface area contributed by atoms with Crippen LogP contribution in [0.4, 0.5) is 0 Å². The lowest BCUT2D eigenvalue weighted by atomic mass is 10.2. The second-order valence-electron chi connectivity index (χ2n) is 2.62. The molecule has 4 nitrogen and oxygen atoms in total. The standard InChI is InChI=1S/C8H13N3O/c1-9-5-4-8(12)7-3-6-10-11(7)2/h3,6,9H,4-5H2,1-2H3. The number of hydrogen-bond acceptors (Lipinski definition) is 3. The Bertz CT molecular complexity index is 267. The lowest BCUT2D eigenvalue weighted by Crippen LogP contribution is -2.15. The van der Waals surface area contributed by atoms with Crippen LogP contribution in [0.15, 0.2) is 12.3 Å². The van der Waals surface area contributed by atoms with E-state index < -0.39 is 0 Å². The zero-order chi connectivity index (χ0) is 8.97. The molecule has 0 radical (unpaired) electrons. The predicted molar refractivity (Wildman–Crippen MR) is 46.1 cm³/mol. The minimum absolute atomic E-state index is 0.129. The topological polar surface area (TPSA) is 46.9 Å². The van der Waals surface area contributed by atoms with E-state index >= 15 is 0 Å². The van der Waals surface area contributed by atoms with Gasteiger partial charge in [-0.15, -0.1) is 0 Å². The fourth-order valence-electron chi connectivity index (χ4n) is 1.01. The van der Waals surface area contributed by atoms with E-state index in [1.54, 1.807) is 24.0 Å². The van der Waals surface area contributed by atoms with E-state index in [4.69, 9.17) is 0 Å². The maximum Gasteiger partial charge on any atom is 0.182 e. The van der Waals surface area contributed by atoms with Gasteiger partial charge < -0.3 is 5.32 Å². The highest BCUT2D eigenvalue weighted by molar-refractivity contribution is 5.94. The molecular weight excluding hydrogens is 154 g/mol. The zero-order valence-corrected chi connectivity index (χ0v) is 7.37. The maximum absolute atomic E-state index is 11.4. The summed E-state index contributed by atoms with van der Waals surface area (Å²) in [6.07, 6.45) is 2.16. The zero-order valence-electron chi connectivity index (χ0n) is 7.37. The van der Waals surface area contributed by atoms with Gasteiger partial charge in [0, 0.05) is 26.2 Å². The van der Waals surface area contributed by atoms with E-state index in [0.717, 1.165) is 0 Å². The van der Waals surface area contributed by atoms with Crippen molar-refractivity contribution in [3.8, 4) is 0 Å². The Morgan fingerprint density at radius 1 is 1.75 bits per heavy atom. The number of aromatic nitrogens is 2. The molecule has 0 unspecified atom stereocenters. The number of carbonyl (C=O) groups is 1. The smallest absolute Gasteiger partial charge is 0.182 e. The largest absolute Gasteiger partial charge is 0.319 e. The normalized spacial score (nSPS) is 10.2. The van der Waals surface area contributed by atoms with Gasteiger partial charge in [-0.3, -0.25) is 9.48 Å². The van der Waals surface area contributed by atoms with E-state index in [2.05, 4.69) is 10.4 Å². The van der Waals surface area contributed by atoms with Crippen molar-refractivity contribution in [1.29, 1.82) is 0 Å². The number of rotatable bonds is 4. The lowest BCUT2D eigenvalue weighted by Gasteiger charge is -1.99. The molecule has 12 heavy (non-hydrogen) atoms. The molecule has 0 aromatic carbocycles. The summed E-state index contributed by atoms with van der Waals surface area (Å²) in [5.41, 5.74) is 0.672. The molecule has 0 spiro atoms. The fraction of sp³-hybridized carbons (Fsp3) is 0.500. The highest BCUT2D eigenvalue weighted by Gasteiger charge is 2.07. The minimum atomic E-state index is 0.129. The Labute approximate surface area is 71.6 Å². The van der Waals surface area contributed by atoms with Gasteiger partial charge in [0.2, 0.25) is 0 Å². The minimum Gasteiger partial charge on any atom is -0.319 e. The van der Waals surface area contributed by atoms with Crippen molar-refractivity contribution in [3.05, 3.63) is 18.0 Å². The van der Waals surface area contributed by atoms with E-state index in [0.29, 0.717) is 18.7 Å². The number of Topliss-reactive ketones (excluding diaryl/α,β-unsaturated/α-hetero) is 1. The molecule has 4 heteroatoms. The summed E-state index contributed by atoms with van der Waals surface area (Å²) in [4.78, 5) is 11.4. The molecule has 0 aliphatic rings. The molecule has 0 amide bonds. The van der Waals surface area contributed by atoms with Crippen molar-refractivity contribution in [2.45, 2.75) is 6.42 Å². The average molecular weight is 167 g/mol. The van der Waals surface area contributed by atoms with E-state index in [-0.39, 0.29) is 5.78 Å². The highest BCUT2D eigenvalue weighted by Crippen LogP contribution is 1.99. The molecule has 66 valence electrons. The highest BCUT2D eigenvalue weighted by atomic mass is 16.1. The monoisotopic (exact) mass is 167 g/mol. The second-order valence-corrected chi connectivity index (χ2v) is 2.62. The molecule has 0 fully saturated rings. The third-order valence-electron chi connectivity index (χ3n) is 1.71. The van der Waals surface area contributed by atoms with Gasteiger partial charge in [-0.1, -0.05) is 0 Å². The molecule has 1 N–H and O–H groups in total. The molecule has 1 aromatic heterocycles. The number of nitrogens with zero attached hydrogens (tertiary/aromatic N) is 2. The number of carbonyl (C=O) groups excluding carboxylic acids is 1. The molecule has 0 saturated carbocycles. The summed E-state index contributed by atoms with van der Waals surface area (Å²) in [7, 11) is 3.60. The first-order valence-electron chi connectivity index (χ1n) is 3.91. The van der Waals surface area contributed by atoms with Crippen LogP contribution in [0.1, 0.15) is 16.9 Å². The number of ketones is 1. The van der Waals surface area contributed by atoms with Crippen molar-refractivity contribution < 1.29 is 4.79 Å². The summed E-state index contributed by atoms with van der Waals surface area (Å²) >= 11 is 0. The third kappa shape index (κ3) is 1.92. The Morgan fingerprint density at radius 2 is 2.50 bits per heavy atom. The molecular formula is C8H13N3O. The second kappa shape index (κ2) is 4.01. The molecule has 0 atom stereocenters. The van der Waals surface area contributed by atoms with Crippen LogP contribution in [0.5, 0.6) is 0 Å². The summed E-state index contributed by atoms with van der Waals surface area (Å²) in [5, 5.41) is 6.85. The molecule has 0 aliphatic carbocycles. The van der Waals surface area contributed by atoms with Crippen LogP contribution in [-0.4, -0.2) is 29.2 Å². The number of aryl methyl sites for hydroxylation is 1. The summed E-state index contributed by atoms with van der Waals surface area (Å²) in [5.74, 6) is 0.129. The molecule has 0 aliphatic heterocycles. The quantitative estimate of drug-likeness (QED) is 0.652. The van der Waals surface area contributed by atoms with Crippen molar-refractivity contribution in [1.82, 2.24) is 15.1 Å². The number of nitrogens with one attached hydrogen (secondary N) is 1. The first-order chi connectivity index (χ1) is 5.75. The Morgan fingerprint density at radius 3 is 3.00 bits per heavy atom.